The van der Waals surface area contributed by atoms with Crippen molar-refractivity contribution in [3.63, 3.8) is 0 Å². The summed E-state index contributed by atoms with van der Waals surface area (Å²) in [5, 5.41) is -0.281. The summed E-state index contributed by atoms with van der Waals surface area (Å²) in [4.78, 5) is 3.77. The van der Waals surface area contributed by atoms with Crippen molar-refractivity contribution in [3.05, 3.63) is 71.9 Å². The van der Waals surface area contributed by atoms with Crippen LogP contribution < -0.4 is 8.92 Å². The highest BCUT2D eigenvalue weighted by molar-refractivity contribution is 7.87. The highest BCUT2D eigenvalue weighted by Gasteiger charge is 2.33. The van der Waals surface area contributed by atoms with Crippen LogP contribution in [0.5, 0.6) is 11.5 Å². The predicted octanol–water partition coefficient (Wildman–Crippen LogP) is 4.43. The fourth-order valence-electron chi connectivity index (χ4n) is 2.91. The summed E-state index contributed by atoms with van der Waals surface area (Å²) in [6.07, 6.45) is -3.18. The fraction of sp³-hybridized carbons (Fsp3) is 0.105. The number of halogens is 3. The molecule has 3 aromatic rings. The van der Waals surface area contributed by atoms with Gasteiger partial charge < -0.3 is 8.92 Å². The van der Waals surface area contributed by atoms with Gasteiger partial charge in [0.25, 0.3) is 0 Å². The molecule has 28 heavy (non-hydrogen) atoms. The van der Waals surface area contributed by atoms with E-state index in [1.54, 1.807) is 12.1 Å². The van der Waals surface area contributed by atoms with Gasteiger partial charge >= 0.3 is 16.3 Å². The number of hydrogen-bond donors (Lipinski definition) is 0. The number of fused-ring (bicyclic) bond motifs is 3. The molecule has 0 saturated carbocycles. The van der Waals surface area contributed by atoms with Crippen LogP contribution in [0.2, 0.25) is 0 Å². The van der Waals surface area contributed by atoms with Gasteiger partial charge in [-0.2, -0.15) is 21.6 Å². The molecular weight excluding hydrogens is 395 g/mol. The first-order chi connectivity index (χ1) is 13.3. The molecule has 2 aromatic carbocycles. The maximum absolute atomic E-state index is 13.0. The van der Waals surface area contributed by atoms with E-state index in [2.05, 4.69) is 4.98 Å². The molecule has 1 aliphatic rings. The summed E-state index contributed by atoms with van der Waals surface area (Å²) in [5.41, 5.74) is 0.171. The standard InChI is InChI=1S/C19H12F3NO4S/c20-19(21,22)13-7-8-14-12(10-13)11-26-15-4-3-5-16(18(14)15)27-28(24,25)17-6-1-2-9-23-17/h1-10H,11H2. The quantitative estimate of drug-likeness (QED) is 0.601. The first-order valence-corrected chi connectivity index (χ1v) is 9.48. The highest BCUT2D eigenvalue weighted by atomic mass is 32.2. The van der Waals surface area contributed by atoms with Crippen LogP contribution in [0, 0.1) is 0 Å². The third kappa shape index (κ3) is 3.29. The van der Waals surface area contributed by atoms with Crippen LogP contribution in [0.15, 0.2) is 65.8 Å². The molecule has 0 radical (unpaired) electrons. The molecule has 4 rings (SSSR count). The summed E-state index contributed by atoms with van der Waals surface area (Å²) < 4.78 is 74.8. The van der Waals surface area contributed by atoms with Crippen molar-refractivity contribution in [3.8, 4) is 22.6 Å². The molecule has 0 spiro atoms. The minimum atomic E-state index is -4.49. The smallest absolute Gasteiger partial charge is 0.416 e. The zero-order valence-electron chi connectivity index (χ0n) is 14.1. The number of rotatable bonds is 3. The van der Waals surface area contributed by atoms with E-state index in [9.17, 15) is 21.6 Å². The highest BCUT2D eigenvalue weighted by Crippen LogP contribution is 2.45. The van der Waals surface area contributed by atoms with Gasteiger partial charge in [-0.25, -0.2) is 4.98 Å². The third-order valence-corrected chi connectivity index (χ3v) is 5.32. The van der Waals surface area contributed by atoms with Gasteiger partial charge in [0.1, 0.15) is 12.4 Å². The van der Waals surface area contributed by atoms with E-state index in [0.29, 0.717) is 11.3 Å². The maximum Gasteiger partial charge on any atom is 0.416 e. The first-order valence-electron chi connectivity index (χ1n) is 8.07. The average Bonchev–Trinajstić information content (AvgIpc) is 2.67. The number of ether oxygens (including phenoxy) is 1. The molecular formula is C19H12F3NO4S. The maximum atomic E-state index is 13.0. The second-order valence-electron chi connectivity index (χ2n) is 5.99. The number of hydrogen-bond acceptors (Lipinski definition) is 5. The Morgan fingerprint density at radius 3 is 2.57 bits per heavy atom. The van der Waals surface area contributed by atoms with Gasteiger partial charge in [0, 0.05) is 6.20 Å². The van der Waals surface area contributed by atoms with Crippen LogP contribution in [-0.2, 0) is 22.9 Å². The molecule has 0 fully saturated rings. The molecule has 144 valence electrons. The van der Waals surface area contributed by atoms with E-state index < -0.39 is 21.9 Å². The fourth-order valence-corrected chi connectivity index (χ4v) is 3.81. The van der Waals surface area contributed by atoms with Crippen LogP contribution in [0.1, 0.15) is 11.1 Å². The van der Waals surface area contributed by atoms with Crippen LogP contribution in [0.25, 0.3) is 11.1 Å². The van der Waals surface area contributed by atoms with Crippen LogP contribution in [-0.4, -0.2) is 13.4 Å². The van der Waals surface area contributed by atoms with Crippen molar-refractivity contribution >= 4 is 10.1 Å². The molecule has 1 aromatic heterocycles. The number of alkyl halides is 3. The number of benzene rings is 2. The Morgan fingerprint density at radius 2 is 1.86 bits per heavy atom. The Labute approximate surface area is 158 Å². The summed E-state index contributed by atoms with van der Waals surface area (Å²) in [7, 11) is -4.23. The lowest BCUT2D eigenvalue weighted by atomic mass is 9.94. The van der Waals surface area contributed by atoms with E-state index >= 15 is 0 Å². The molecule has 0 aliphatic carbocycles. The lowest BCUT2D eigenvalue weighted by molar-refractivity contribution is -0.137. The Bertz CT molecular complexity index is 1150. The van der Waals surface area contributed by atoms with E-state index in [1.165, 1.54) is 36.5 Å². The largest absolute Gasteiger partial charge is 0.488 e. The zero-order valence-corrected chi connectivity index (χ0v) is 14.9. The van der Waals surface area contributed by atoms with E-state index in [4.69, 9.17) is 8.92 Å². The van der Waals surface area contributed by atoms with Crippen LogP contribution in [0.4, 0.5) is 13.2 Å². The second-order valence-corrected chi connectivity index (χ2v) is 7.49. The van der Waals surface area contributed by atoms with Crippen molar-refractivity contribution in [2.45, 2.75) is 17.8 Å². The Morgan fingerprint density at radius 1 is 1.04 bits per heavy atom. The average molecular weight is 407 g/mol. The van der Waals surface area contributed by atoms with Crippen molar-refractivity contribution in [2.75, 3.05) is 0 Å². The second kappa shape index (κ2) is 6.52. The van der Waals surface area contributed by atoms with Gasteiger partial charge in [-0.15, -0.1) is 0 Å². The zero-order chi connectivity index (χ0) is 19.9. The molecule has 0 saturated heterocycles. The lowest BCUT2D eigenvalue weighted by Gasteiger charge is -2.23. The normalized spacial score (nSPS) is 13.2. The van der Waals surface area contributed by atoms with Crippen molar-refractivity contribution in [2.24, 2.45) is 0 Å². The SMILES string of the molecule is O=S(=O)(Oc1cccc2c1-c1ccc(C(F)(F)F)cc1CO2)c1ccccn1. The topological polar surface area (TPSA) is 65.5 Å². The molecule has 9 heteroatoms. The summed E-state index contributed by atoms with van der Waals surface area (Å²) in [6, 6.07) is 12.1. The van der Waals surface area contributed by atoms with Crippen LogP contribution >= 0.6 is 0 Å². The molecule has 2 heterocycles. The summed E-state index contributed by atoms with van der Waals surface area (Å²) in [6.45, 7) is -0.0668. The molecule has 1 aliphatic heterocycles. The Hall–Kier alpha value is -3.07. The molecule has 0 N–H and O–H groups in total. The van der Waals surface area contributed by atoms with Crippen molar-refractivity contribution in [1.82, 2.24) is 4.98 Å². The van der Waals surface area contributed by atoms with E-state index in [-0.39, 0.29) is 28.5 Å². The number of pyridine rings is 1. The minimum Gasteiger partial charge on any atom is -0.488 e. The van der Waals surface area contributed by atoms with Crippen LogP contribution in [0.3, 0.4) is 0 Å². The van der Waals surface area contributed by atoms with Gasteiger partial charge in [-0.05, 0) is 47.5 Å². The van der Waals surface area contributed by atoms with Gasteiger partial charge in [0.2, 0.25) is 0 Å². The number of nitrogens with zero attached hydrogens (tertiary/aromatic N) is 1. The summed E-state index contributed by atoms with van der Waals surface area (Å²) in [5.74, 6) is 0.268. The molecule has 5 nitrogen and oxygen atoms in total. The number of aromatic nitrogens is 1. The molecule has 0 atom stereocenters. The minimum absolute atomic E-state index is 0.0520. The molecule has 0 amide bonds. The van der Waals surface area contributed by atoms with Crippen molar-refractivity contribution in [1.29, 1.82) is 0 Å². The molecule has 0 unspecified atom stereocenters. The molecule has 0 bridgehead atoms. The third-order valence-electron chi connectivity index (χ3n) is 4.17. The van der Waals surface area contributed by atoms with Gasteiger partial charge in [0.05, 0.1) is 11.1 Å². The van der Waals surface area contributed by atoms with Gasteiger partial charge in [-0.1, -0.05) is 18.2 Å². The van der Waals surface area contributed by atoms with Gasteiger partial charge in [0.15, 0.2) is 10.8 Å². The summed E-state index contributed by atoms with van der Waals surface area (Å²) >= 11 is 0. The van der Waals surface area contributed by atoms with E-state index in [1.807, 2.05) is 0 Å². The first kappa shape index (κ1) is 18.3. The van der Waals surface area contributed by atoms with Crippen molar-refractivity contribution < 1.29 is 30.5 Å². The predicted molar refractivity (Wildman–Crippen MR) is 93.3 cm³/mol. The monoisotopic (exact) mass is 407 g/mol. The van der Waals surface area contributed by atoms with Gasteiger partial charge in [-0.3, -0.25) is 0 Å². The van der Waals surface area contributed by atoms with E-state index in [0.717, 1.165) is 12.1 Å². The Balaban J connectivity index is 1.80. The Kier molecular flexibility index (Phi) is 4.26. The lowest BCUT2D eigenvalue weighted by Crippen LogP contribution is -2.14.